The van der Waals surface area contributed by atoms with E-state index in [1.165, 1.54) is 0 Å². The van der Waals surface area contributed by atoms with Gasteiger partial charge in [-0.1, -0.05) is 53.6 Å². The predicted octanol–water partition coefficient (Wildman–Crippen LogP) is 3.99. The molecule has 1 unspecified atom stereocenters. The molecule has 5 nitrogen and oxygen atoms in total. The molecule has 6 rings (SSSR count). The summed E-state index contributed by atoms with van der Waals surface area (Å²) in [6, 6.07) is 16.1. The highest BCUT2D eigenvalue weighted by molar-refractivity contribution is 6.31. The van der Waals surface area contributed by atoms with Crippen LogP contribution in [0.25, 0.3) is 0 Å². The van der Waals surface area contributed by atoms with Gasteiger partial charge in [0.2, 0.25) is 17.6 Å². The largest absolute Gasteiger partial charge is 0.468 e. The molecule has 1 atom stereocenters. The SMILES string of the molecule is CC1=CC2Oc3cc(Oc4ccc(C)cc4)c4c(c3[NH+]=C2C=C1)C(=O)c1ccccc1C4=O. The summed E-state index contributed by atoms with van der Waals surface area (Å²) in [7, 11) is 0. The van der Waals surface area contributed by atoms with Crippen LogP contribution in [0, 0.1) is 6.92 Å². The first-order chi connectivity index (χ1) is 16.0. The van der Waals surface area contributed by atoms with Crippen LogP contribution < -0.4 is 14.5 Å². The van der Waals surface area contributed by atoms with Crippen LogP contribution in [-0.2, 0) is 0 Å². The number of fused-ring (bicyclic) bond motifs is 5. The maximum absolute atomic E-state index is 13.6. The first-order valence-electron chi connectivity index (χ1n) is 10.8. The Morgan fingerprint density at radius 2 is 1.58 bits per heavy atom. The van der Waals surface area contributed by atoms with Crippen molar-refractivity contribution in [2.75, 3.05) is 0 Å². The average Bonchev–Trinajstić information content (AvgIpc) is 2.82. The third-order valence-electron chi connectivity index (χ3n) is 6.14. The molecular formula is C28H20NO4+. The topological polar surface area (TPSA) is 66.6 Å². The van der Waals surface area contributed by atoms with Crippen molar-refractivity contribution in [2.24, 2.45) is 0 Å². The number of rotatable bonds is 2. The fraction of sp³-hybridized carbons (Fsp3) is 0.107. The van der Waals surface area contributed by atoms with E-state index in [0.29, 0.717) is 34.1 Å². The van der Waals surface area contributed by atoms with Crippen LogP contribution in [0.5, 0.6) is 17.2 Å². The molecule has 5 heteroatoms. The number of hydrogen-bond acceptors (Lipinski definition) is 4. The fourth-order valence-corrected chi connectivity index (χ4v) is 4.46. The molecule has 1 heterocycles. The van der Waals surface area contributed by atoms with Crippen LogP contribution in [0.1, 0.15) is 44.3 Å². The Balaban J connectivity index is 1.59. The maximum atomic E-state index is 13.6. The Kier molecular flexibility index (Phi) is 4.20. The second-order valence-corrected chi connectivity index (χ2v) is 8.48. The summed E-state index contributed by atoms with van der Waals surface area (Å²) in [6.07, 6.45) is 5.63. The Labute approximate surface area is 190 Å². The first kappa shape index (κ1) is 19.4. The number of carbonyl (C=O) groups excluding carboxylic acids is 2. The van der Waals surface area contributed by atoms with Gasteiger partial charge in [0, 0.05) is 23.3 Å². The summed E-state index contributed by atoms with van der Waals surface area (Å²) < 4.78 is 12.4. The molecule has 0 radical (unpaired) electrons. The number of benzene rings is 3. The van der Waals surface area contributed by atoms with E-state index in [-0.39, 0.29) is 28.8 Å². The highest BCUT2D eigenvalue weighted by atomic mass is 16.5. The Morgan fingerprint density at radius 1 is 0.879 bits per heavy atom. The molecule has 0 spiro atoms. The van der Waals surface area contributed by atoms with Crippen LogP contribution in [0.2, 0.25) is 0 Å². The van der Waals surface area contributed by atoms with E-state index in [9.17, 15) is 9.59 Å². The highest BCUT2D eigenvalue weighted by Crippen LogP contribution is 2.43. The zero-order chi connectivity index (χ0) is 22.7. The van der Waals surface area contributed by atoms with Gasteiger partial charge in [0.25, 0.3) is 5.69 Å². The van der Waals surface area contributed by atoms with Gasteiger partial charge >= 0.3 is 0 Å². The van der Waals surface area contributed by atoms with Crippen molar-refractivity contribution in [3.05, 3.63) is 106 Å². The van der Waals surface area contributed by atoms with E-state index in [1.54, 1.807) is 30.3 Å². The van der Waals surface area contributed by atoms with Crippen LogP contribution in [0.3, 0.4) is 0 Å². The molecule has 3 aromatic carbocycles. The molecule has 0 amide bonds. The highest BCUT2D eigenvalue weighted by Gasteiger charge is 2.41. The summed E-state index contributed by atoms with van der Waals surface area (Å²) in [4.78, 5) is 30.6. The lowest BCUT2D eigenvalue weighted by molar-refractivity contribution is -0.362. The number of ketones is 2. The smallest absolute Gasteiger partial charge is 0.258 e. The molecule has 0 bridgehead atoms. The summed E-state index contributed by atoms with van der Waals surface area (Å²) in [5, 5.41) is 0. The molecule has 1 N–H and O–H groups in total. The molecule has 3 aliphatic rings. The van der Waals surface area contributed by atoms with Crippen molar-refractivity contribution in [1.82, 2.24) is 0 Å². The number of carbonyl (C=O) groups is 2. The summed E-state index contributed by atoms with van der Waals surface area (Å²) in [5.41, 5.74) is 4.79. The normalized spacial score (nSPS) is 17.7. The van der Waals surface area contributed by atoms with Gasteiger partial charge in [-0.2, -0.15) is 0 Å². The summed E-state index contributed by atoms with van der Waals surface area (Å²) in [5.74, 6) is 0.887. The van der Waals surface area contributed by atoms with E-state index >= 15 is 0 Å². The lowest BCUT2D eigenvalue weighted by Gasteiger charge is -2.25. The molecule has 2 aliphatic carbocycles. The zero-order valence-electron chi connectivity index (χ0n) is 18.1. The van der Waals surface area contributed by atoms with E-state index < -0.39 is 0 Å². The Morgan fingerprint density at radius 3 is 2.30 bits per heavy atom. The lowest BCUT2D eigenvalue weighted by Crippen LogP contribution is -2.72. The van der Waals surface area contributed by atoms with Gasteiger partial charge in [0.05, 0.1) is 5.56 Å². The van der Waals surface area contributed by atoms with E-state index in [0.717, 1.165) is 16.8 Å². The quantitative estimate of drug-likeness (QED) is 0.518. The van der Waals surface area contributed by atoms with Gasteiger partial charge in [-0.15, -0.1) is 0 Å². The molecule has 160 valence electrons. The van der Waals surface area contributed by atoms with Crippen molar-refractivity contribution in [3.8, 4) is 17.2 Å². The van der Waals surface area contributed by atoms with Crippen LogP contribution >= 0.6 is 0 Å². The number of nitrogens with one attached hydrogen (secondary N) is 1. The molecule has 0 saturated heterocycles. The minimum atomic E-state index is -0.297. The molecule has 3 aromatic rings. The lowest BCUT2D eigenvalue weighted by atomic mass is 9.82. The van der Waals surface area contributed by atoms with Gasteiger partial charge in [-0.25, -0.2) is 4.99 Å². The maximum Gasteiger partial charge on any atom is 0.258 e. The molecule has 1 aliphatic heterocycles. The van der Waals surface area contributed by atoms with Crippen LogP contribution in [-0.4, -0.2) is 23.4 Å². The Bertz CT molecular complexity index is 1460. The predicted molar refractivity (Wildman–Crippen MR) is 124 cm³/mol. The third kappa shape index (κ3) is 3.04. The van der Waals surface area contributed by atoms with Crippen molar-refractivity contribution in [1.29, 1.82) is 0 Å². The average molecular weight is 434 g/mol. The van der Waals surface area contributed by atoms with Crippen molar-refractivity contribution in [3.63, 3.8) is 0 Å². The standard InChI is InChI=1S/C28H19NO4/c1-15-7-10-17(11-8-15)32-22-14-23-26(29-20-12-9-16(2)13-21(20)33-23)25-24(22)27(30)18-5-3-4-6-19(18)28(25)31/h3-14,21H,1-2H3/p+1. The van der Waals surface area contributed by atoms with Gasteiger partial charge in [-0.05, 0) is 32.1 Å². The van der Waals surface area contributed by atoms with Gasteiger partial charge in [0.1, 0.15) is 17.1 Å². The van der Waals surface area contributed by atoms with Crippen LogP contribution in [0.4, 0.5) is 5.69 Å². The van der Waals surface area contributed by atoms with Gasteiger partial charge in [-0.3, -0.25) is 9.59 Å². The van der Waals surface area contributed by atoms with Gasteiger partial charge < -0.3 is 9.47 Å². The number of aryl methyl sites for hydroxylation is 1. The second-order valence-electron chi connectivity index (χ2n) is 8.48. The van der Waals surface area contributed by atoms with Gasteiger partial charge in [0.15, 0.2) is 11.5 Å². The summed E-state index contributed by atoms with van der Waals surface area (Å²) in [6.45, 7) is 4.00. The van der Waals surface area contributed by atoms with E-state index in [1.807, 2.05) is 56.3 Å². The fourth-order valence-electron chi connectivity index (χ4n) is 4.46. The third-order valence-corrected chi connectivity index (χ3v) is 6.14. The first-order valence-corrected chi connectivity index (χ1v) is 10.8. The molecule has 0 saturated carbocycles. The Hall–Kier alpha value is -4.25. The molecular weight excluding hydrogens is 414 g/mol. The summed E-state index contributed by atoms with van der Waals surface area (Å²) >= 11 is 0. The molecule has 0 aromatic heterocycles. The minimum absolute atomic E-state index is 0.229. The molecule has 0 fully saturated rings. The van der Waals surface area contributed by atoms with Crippen molar-refractivity contribution < 1.29 is 24.1 Å². The van der Waals surface area contributed by atoms with Crippen LogP contribution in [0.15, 0.2) is 78.4 Å². The van der Waals surface area contributed by atoms with Crippen molar-refractivity contribution in [2.45, 2.75) is 20.0 Å². The number of hydrogen-bond donors (Lipinski definition) is 1. The van der Waals surface area contributed by atoms with E-state index in [2.05, 4.69) is 4.99 Å². The zero-order valence-corrected chi connectivity index (χ0v) is 18.1. The molecule has 33 heavy (non-hydrogen) atoms. The van der Waals surface area contributed by atoms with E-state index in [4.69, 9.17) is 9.47 Å². The van der Waals surface area contributed by atoms with Crippen molar-refractivity contribution >= 4 is 23.0 Å². The monoisotopic (exact) mass is 434 g/mol. The number of allylic oxidation sites excluding steroid dienone is 2. The second kappa shape index (κ2) is 7.14. The minimum Gasteiger partial charge on any atom is -0.468 e. The number of ether oxygens (including phenoxy) is 2.